The molecule has 0 unspecified atom stereocenters. The Morgan fingerprint density at radius 1 is 0.929 bits per heavy atom. The topological polar surface area (TPSA) is 75.4 Å². The van der Waals surface area contributed by atoms with E-state index in [4.69, 9.17) is 0 Å². The average molecular weight is 381 g/mol. The van der Waals surface area contributed by atoms with Gasteiger partial charge in [-0.2, -0.15) is 0 Å². The summed E-state index contributed by atoms with van der Waals surface area (Å²) in [4.78, 5) is 31.6. The van der Waals surface area contributed by atoms with Gasteiger partial charge in [-0.1, -0.05) is 31.4 Å². The number of aromatic nitrogens is 2. The molecule has 1 aromatic heterocycles. The third-order valence-electron chi connectivity index (χ3n) is 7.12. The summed E-state index contributed by atoms with van der Waals surface area (Å²) < 4.78 is 1.75. The van der Waals surface area contributed by atoms with Gasteiger partial charge in [0.1, 0.15) is 0 Å². The minimum Gasteiger partial charge on any atom is -0.476 e. The van der Waals surface area contributed by atoms with Crippen molar-refractivity contribution in [2.45, 2.75) is 82.0 Å². The van der Waals surface area contributed by atoms with Gasteiger partial charge in [0.2, 0.25) is 5.69 Å². The van der Waals surface area contributed by atoms with Crippen LogP contribution in [0.5, 0.6) is 0 Å². The van der Waals surface area contributed by atoms with Crippen LogP contribution in [0.4, 0.5) is 0 Å². The second-order valence-corrected chi connectivity index (χ2v) is 8.68. The Kier molecular flexibility index (Phi) is 4.46. The summed E-state index contributed by atoms with van der Waals surface area (Å²) in [6, 6.07) is 9.20. The van der Waals surface area contributed by atoms with E-state index in [0.717, 1.165) is 18.4 Å². The molecular formula is C22H27N3O3. The third-order valence-corrected chi connectivity index (χ3v) is 7.12. The van der Waals surface area contributed by atoms with Gasteiger partial charge in [-0.05, 0) is 50.7 Å². The molecule has 2 aliphatic heterocycles. The number of nitrogens with zero attached hydrogens (tertiary/aromatic N) is 3. The molecule has 148 valence electrons. The van der Waals surface area contributed by atoms with Gasteiger partial charge >= 0.3 is 5.97 Å². The van der Waals surface area contributed by atoms with Crippen LogP contribution >= 0.6 is 0 Å². The number of hydrogen-bond donors (Lipinski definition) is 1. The highest BCUT2D eigenvalue weighted by Crippen LogP contribution is 2.44. The van der Waals surface area contributed by atoms with E-state index in [1.165, 1.54) is 44.9 Å². The maximum Gasteiger partial charge on any atom is 0.360 e. The smallest absolute Gasteiger partial charge is 0.360 e. The molecule has 3 heterocycles. The summed E-state index contributed by atoms with van der Waals surface area (Å²) in [5.41, 5.74) is 0.525. The number of rotatable bonds is 3. The summed E-state index contributed by atoms with van der Waals surface area (Å²) in [6.07, 6.45) is 10.9. The van der Waals surface area contributed by atoms with Crippen LogP contribution in [0.25, 0.3) is 11.0 Å². The van der Waals surface area contributed by atoms with E-state index in [0.29, 0.717) is 23.6 Å². The first-order valence-electron chi connectivity index (χ1n) is 10.7. The van der Waals surface area contributed by atoms with Crippen LogP contribution in [0.3, 0.4) is 0 Å². The maximum absolute atomic E-state index is 13.0. The molecule has 3 aliphatic rings. The monoisotopic (exact) mass is 381 g/mol. The van der Waals surface area contributed by atoms with E-state index in [9.17, 15) is 14.7 Å². The van der Waals surface area contributed by atoms with Crippen molar-refractivity contribution in [3.8, 4) is 0 Å². The highest BCUT2D eigenvalue weighted by atomic mass is 16.4. The summed E-state index contributed by atoms with van der Waals surface area (Å²) in [7, 11) is 0. The molecule has 28 heavy (non-hydrogen) atoms. The van der Waals surface area contributed by atoms with Crippen LogP contribution in [0, 0.1) is 0 Å². The third kappa shape index (κ3) is 2.85. The molecule has 0 radical (unpaired) electrons. The molecule has 6 nitrogen and oxygen atoms in total. The fraction of sp³-hybridized carbons (Fsp3) is 0.591. The SMILES string of the molecule is O=C(O)c1nc2ccccc2n([C@H]2C[C@H]3CC[C@@H](C2)N3C2CCCCC2)c1=O. The number of piperidine rings is 1. The number of carboxylic acids is 1. The minimum absolute atomic E-state index is 0.0517. The Hall–Kier alpha value is -2.21. The second kappa shape index (κ2) is 6.99. The number of hydrogen-bond acceptors (Lipinski definition) is 4. The standard InChI is InChI=1S/C22H27N3O3/c26-21-20(22(27)28)23-18-8-4-5-9-19(18)25(21)17-12-15-10-11-16(13-17)24(15)14-6-2-1-3-7-14/h4-5,8-9,14-17H,1-3,6-7,10-13H2,(H,27,28)/t15-,16+,17+. The van der Waals surface area contributed by atoms with Crippen molar-refractivity contribution < 1.29 is 9.90 Å². The zero-order valence-corrected chi connectivity index (χ0v) is 16.1. The van der Waals surface area contributed by atoms with Crippen LogP contribution < -0.4 is 5.56 Å². The van der Waals surface area contributed by atoms with Crippen LogP contribution in [0.1, 0.15) is 74.3 Å². The highest BCUT2D eigenvalue weighted by Gasteiger charge is 2.45. The molecule has 2 bridgehead atoms. The van der Waals surface area contributed by atoms with Gasteiger partial charge in [0.25, 0.3) is 5.56 Å². The van der Waals surface area contributed by atoms with Crippen molar-refractivity contribution in [2.75, 3.05) is 0 Å². The molecule has 3 fully saturated rings. The molecule has 1 aliphatic carbocycles. The lowest BCUT2D eigenvalue weighted by Crippen LogP contribution is -2.50. The molecule has 3 atom stereocenters. The number of carbonyl (C=O) groups is 1. The average Bonchev–Trinajstić information content (AvgIpc) is 2.98. The normalized spacial score (nSPS) is 28.6. The Morgan fingerprint density at radius 2 is 1.61 bits per heavy atom. The van der Waals surface area contributed by atoms with E-state index in [1.54, 1.807) is 10.6 Å². The lowest BCUT2D eigenvalue weighted by Gasteiger charge is -2.45. The zero-order valence-electron chi connectivity index (χ0n) is 16.1. The van der Waals surface area contributed by atoms with Gasteiger partial charge in [-0.3, -0.25) is 9.69 Å². The number of carboxylic acid groups (broad SMARTS) is 1. The largest absolute Gasteiger partial charge is 0.476 e. The molecule has 1 aromatic carbocycles. The van der Waals surface area contributed by atoms with Crippen LogP contribution in [0.2, 0.25) is 0 Å². The minimum atomic E-state index is -1.24. The fourth-order valence-corrected chi connectivity index (χ4v) is 6.03. The van der Waals surface area contributed by atoms with E-state index in [2.05, 4.69) is 9.88 Å². The van der Waals surface area contributed by atoms with E-state index in [-0.39, 0.29) is 11.7 Å². The van der Waals surface area contributed by atoms with Gasteiger partial charge in [-0.15, -0.1) is 0 Å². The van der Waals surface area contributed by atoms with Crippen molar-refractivity contribution in [3.05, 3.63) is 40.3 Å². The van der Waals surface area contributed by atoms with E-state index in [1.807, 2.05) is 18.2 Å². The van der Waals surface area contributed by atoms with Crippen molar-refractivity contribution in [1.82, 2.24) is 14.5 Å². The Bertz CT molecular complexity index is 949. The highest BCUT2D eigenvalue weighted by molar-refractivity contribution is 5.88. The molecule has 0 amide bonds. The molecule has 0 spiro atoms. The first-order valence-corrected chi connectivity index (χ1v) is 10.7. The molecular weight excluding hydrogens is 354 g/mol. The molecule has 2 saturated heterocycles. The van der Waals surface area contributed by atoms with Crippen LogP contribution in [-0.2, 0) is 0 Å². The van der Waals surface area contributed by atoms with Crippen LogP contribution in [-0.4, -0.2) is 43.7 Å². The van der Waals surface area contributed by atoms with Gasteiger partial charge in [0, 0.05) is 24.2 Å². The van der Waals surface area contributed by atoms with Crippen molar-refractivity contribution in [1.29, 1.82) is 0 Å². The van der Waals surface area contributed by atoms with Crippen molar-refractivity contribution in [2.24, 2.45) is 0 Å². The second-order valence-electron chi connectivity index (χ2n) is 8.68. The Labute approximate surface area is 164 Å². The van der Waals surface area contributed by atoms with Gasteiger partial charge in [-0.25, -0.2) is 9.78 Å². The predicted octanol–water partition coefficient (Wildman–Crippen LogP) is 3.60. The van der Waals surface area contributed by atoms with Crippen molar-refractivity contribution >= 4 is 17.0 Å². The van der Waals surface area contributed by atoms with Gasteiger partial charge in [0.15, 0.2) is 0 Å². The molecule has 1 N–H and O–H groups in total. The molecule has 2 aromatic rings. The first-order chi connectivity index (χ1) is 13.6. The van der Waals surface area contributed by atoms with Crippen molar-refractivity contribution in [3.63, 3.8) is 0 Å². The lowest BCUT2D eigenvalue weighted by atomic mass is 9.88. The lowest BCUT2D eigenvalue weighted by molar-refractivity contribution is 0.0448. The quantitative estimate of drug-likeness (QED) is 0.879. The summed E-state index contributed by atoms with van der Waals surface area (Å²) >= 11 is 0. The fourth-order valence-electron chi connectivity index (χ4n) is 6.03. The zero-order chi connectivity index (χ0) is 19.3. The van der Waals surface area contributed by atoms with E-state index < -0.39 is 11.5 Å². The summed E-state index contributed by atoms with van der Waals surface area (Å²) in [5.74, 6) is -1.24. The predicted molar refractivity (Wildman–Crippen MR) is 107 cm³/mol. The van der Waals surface area contributed by atoms with Gasteiger partial charge in [0.05, 0.1) is 11.0 Å². The summed E-state index contributed by atoms with van der Waals surface area (Å²) in [6.45, 7) is 0. The Morgan fingerprint density at radius 3 is 2.29 bits per heavy atom. The van der Waals surface area contributed by atoms with Gasteiger partial charge < -0.3 is 9.67 Å². The number of para-hydroxylation sites is 2. The molecule has 5 rings (SSSR count). The number of fused-ring (bicyclic) bond motifs is 3. The first kappa shape index (κ1) is 17.9. The van der Waals surface area contributed by atoms with Crippen LogP contribution in [0.15, 0.2) is 29.1 Å². The number of benzene rings is 1. The maximum atomic E-state index is 13.0. The van der Waals surface area contributed by atoms with E-state index >= 15 is 0 Å². The molecule has 1 saturated carbocycles. The molecule has 6 heteroatoms. The summed E-state index contributed by atoms with van der Waals surface area (Å²) in [5, 5.41) is 9.49. The number of aromatic carboxylic acids is 1. The Balaban J connectivity index is 1.53.